The molecule has 0 fully saturated rings. The van der Waals surface area contributed by atoms with Gasteiger partial charge in [-0.25, -0.2) is 0 Å². The molecule has 0 radical (unpaired) electrons. The standard InChI is InChI=1S/C22H15NO/c1-2-13-24-22-11-7-17(8-12-22)14-21(16-23)20-10-9-18-5-3-4-6-19(18)15-20/h1,3-12,14-15H,13H2/b21-14-. The van der Waals surface area contributed by atoms with Crippen LogP contribution in [0.4, 0.5) is 0 Å². The Bertz CT molecular complexity index is 969. The van der Waals surface area contributed by atoms with Crippen molar-refractivity contribution in [3.8, 4) is 24.2 Å². The van der Waals surface area contributed by atoms with E-state index in [0.29, 0.717) is 11.3 Å². The van der Waals surface area contributed by atoms with Gasteiger partial charge in [-0.15, -0.1) is 6.42 Å². The van der Waals surface area contributed by atoms with Gasteiger partial charge in [-0.1, -0.05) is 54.5 Å². The van der Waals surface area contributed by atoms with Gasteiger partial charge in [-0.3, -0.25) is 0 Å². The van der Waals surface area contributed by atoms with Crippen molar-refractivity contribution in [3.63, 3.8) is 0 Å². The van der Waals surface area contributed by atoms with E-state index in [9.17, 15) is 5.26 Å². The van der Waals surface area contributed by atoms with Crippen LogP contribution in [0.3, 0.4) is 0 Å². The molecule has 0 saturated heterocycles. The first kappa shape index (κ1) is 15.4. The minimum atomic E-state index is 0.246. The molecule has 0 amide bonds. The first-order chi connectivity index (χ1) is 11.8. The average Bonchev–Trinajstić information content (AvgIpc) is 2.65. The topological polar surface area (TPSA) is 33.0 Å². The molecule has 0 unspecified atom stereocenters. The Kier molecular flexibility index (Phi) is 4.61. The van der Waals surface area contributed by atoms with Gasteiger partial charge in [-0.2, -0.15) is 5.26 Å². The third kappa shape index (κ3) is 3.46. The molecule has 3 aromatic rings. The Labute approximate surface area is 141 Å². The lowest BCUT2D eigenvalue weighted by Crippen LogP contribution is -1.92. The number of ether oxygens (including phenoxy) is 1. The fourth-order valence-electron chi connectivity index (χ4n) is 2.49. The number of allylic oxidation sites excluding steroid dienone is 1. The zero-order valence-electron chi connectivity index (χ0n) is 13.1. The number of terminal acetylenes is 1. The minimum Gasteiger partial charge on any atom is -0.481 e. The molecule has 0 aliphatic heterocycles. The summed E-state index contributed by atoms with van der Waals surface area (Å²) in [6, 6.07) is 23.9. The van der Waals surface area contributed by atoms with E-state index in [-0.39, 0.29) is 6.61 Å². The van der Waals surface area contributed by atoms with Crippen LogP contribution in [-0.2, 0) is 0 Å². The van der Waals surface area contributed by atoms with Crippen molar-refractivity contribution in [1.82, 2.24) is 0 Å². The summed E-state index contributed by atoms with van der Waals surface area (Å²) in [5, 5.41) is 11.8. The van der Waals surface area contributed by atoms with Crippen molar-refractivity contribution in [2.75, 3.05) is 6.61 Å². The molecule has 0 spiro atoms. The fourth-order valence-corrected chi connectivity index (χ4v) is 2.49. The first-order valence-electron chi connectivity index (χ1n) is 7.57. The highest BCUT2D eigenvalue weighted by atomic mass is 16.5. The average molecular weight is 309 g/mol. The lowest BCUT2D eigenvalue weighted by atomic mass is 10.0. The zero-order chi connectivity index (χ0) is 16.8. The van der Waals surface area contributed by atoms with Crippen molar-refractivity contribution in [2.24, 2.45) is 0 Å². The van der Waals surface area contributed by atoms with Crippen LogP contribution in [0.5, 0.6) is 5.75 Å². The Morgan fingerprint density at radius 3 is 2.46 bits per heavy atom. The highest BCUT2D eigenvalue weighted by Gasteiger charge is 2.03. The molecule has 2 nitrogen and oxygen atoms in total. The van der Waals surface area contributed by atoms with Crippen LogP contribution in [0.1, 0.15) is 11.1 Å². The van der Waals surface area contributed by atoms with Gasteiger partial charge in [-0.05, 0) is 46.2 Å². The molecule has 0 heterocycles. The molecule has 3 aromatic carbocycles. The van der Waals surface area contributed by atoms with Gasteiger partial charge in [0.25, 0.3) is 0 Å². The normalized spacial score (nSPS) is 10.8. The fraction of sp³-hybridized carbons (Fsp3) is 0.0455. The highest BCUT2D eigenvalue weighted by Crippen LogP contribution is 2.23. The SMILES string of the molecule is C#CCOc1ccc(/C=C(/C#N)c2ccc3ccccc3c2)cc1. The maximum atomic E-state index is 9.52. The van der Waals surface area contributed by atoms with E-state index in [4.69, 9.17) is 11.2 Å². The number of hydrogen-bond acceptors (Lipinski definition) is 2. The molecular weight excluding hydrogens is 294 g/mol. The van der Waals surface area contributed by atoms with E-state index in [2.05, 4.69) is 18.1 Å². The largest absolute Gasteiger partial charge is 0.481 e. The van der Waals surface area contributed by atoms with Crippen LogP contribution in [-0.4, -0.2) is 6.61 Å². The summed E-state index contributed by atoms with van der Waals surface area (Å²) >= 11 is 0. The van der Waals surface area contributed by atoms with E-state index in [1.165, 1.54) is 0 Å². The van der Waals surface area contributed by atoms with Gasteiger partial charge in [0, 0.05) is 0 Å². The van der Waals surface area contributed by atoms with Crippen LogP contribution in [0, 0.1) is 23.7 Å². The second-order valence-electron chi connectivity index (χ2n) is 5.29. The van der Waals surface area contributed by atoms with E-state index < -0.39 is 0 Å². The van der Waals surface area contributed by atoms with Gasteiger partial charge in [0.2, 0.25) is 0 Å². The third-order valence-electron chi connectivity index (χ3n) is 3.69. The Morgan fingerprint density at radius 1 is 1.00 bits per heavy atom. The van der Waals surface area contributed by atoms with Crippen LogP contribution in [0.15, 0.2) is 66.7 Å². The second-order valence-corrected chi connectivity index (χ2v) is 5.29. The second kappa shape index (κ2) is 7.18. The molecule has 3 rings (SSSR count). The number of fused-ring (bicyclic) bond motifs is 1. The predicted octanol–water partition coefficient (Wildman–Crippen LogP) is 4.92. The summed E-state index contributed by atoms with van der Waals surface area (Å²) in [6.45, 7) is 0.246. The number of rotatable bonds is 4. The molecule has 2 heteroatoms. The summed E-state index contributed by atoms with van der Waals surface area (Å²) in [4.78, 5) is 0. The molecule has 24 heavy (non-hydrogen) atoms. The van der Waals surface area contributed by atoms with Gasteiger partial charge in [0.05, 0.1) is 11.6 Å². The molecule has 0 bridgehead atoms. The third-order valence-corrected chi connectivity index (χ3v) is 3.69. The summed E-state index contributed by atoms with van der Waals surface area (Å²) < 4.78 is 5.35. The lowest BCUT2D eigenvalue weighted by molar-refractivity contribution is 0.370. The van der Waals surface area contributed by atoms with Gasteiger partial charge in [0.1, 0.15) is 12.4 Å². The Morgan fingerprint density at radius 2 is 1.75 bits per heavy atom. The number of nitriles is 1. The molecule has 0 atom stereocenters. The van der Waals surface area contributed by atoms with E-state index >= 15 is 0 Å². The number of benzene rings is 3. The minimum absolute atomic E-state index is 0.246. The predicted molar refractivity (Wildman–Crippen MR) is 98.2 cm³/mol. The number of hydrogen-bond donors (Lipinski definition) is 0. The molecule has 0 aromatic heterocycles. The van der Waals surface area contributed by atoms with Crippen molar-refractivity contribution in [2.45, 2.75) is 0 Å². The molecule has 114 valence electrons. The molecule has 0 aliphatic carbocycles. The van der Waals surface area contributed by atoms with E-state index in [1.807, 2.05) is 66.7 Å². The number of nitrogens with zero attached hydrogens (tertiary/aromatic N) is 1. The van der Waals surface area contributed by atoms with Crippen LogP contribution >= 0.6 is 0 Å². The quantitative estimate of drug-likeness (QED) is 0.389. The van der Waals surface area contributed by atoms with Crippen molar-refractivity contribution in [1.29, 1.82) is 5.26 Å². The van der Waals surface area contributed by atoms with Gasteiger partial charge >= 0.3 is 0 Å². The van der Waals surface area contributed by atoms with Gasteiger partial charge in [0.15, 0.2) is 0 Å². The zero-order valence-corrected chi connectivity index (χ0v) is 13.1. The molecule has 0 saturated carbocycles. The maximum Gasteiger partial charge on any atom is 0.148 e. The summed E-state index contributed by atoms with van der Waals surface area (Å²) in [5.74, 6) is 3.15. The molecule has 0 aliphatic rings. The maximum absolute atomic E-state index is 9.52. The van der Waals surface area contributed by atoms with Crippen LogP contribution in [0.25, 0.3) is 22.4 Å². The Hall–Kier alpha value is -3.49. The van der Waals surface area contributed by atoms with E-state index in [0.717, 1.165) is 21.9 Å². The summed E-state index contributed by atoms with van der Waals surface area (Å²) in [5.41, 5.74) is 2.47. The van der Waals surface area contributed by atoms with Gasteiger partial charge < -0.3 is 4.74 Å². The molecule has 0 N–H and O–H groups in total. The summed E-state index contributed by atoms with van der Waals surface area (Å²) in [6.07, 6.45) is 7.04. The summed E-state index contributed by atoms with van der Waals surface area (Å²) in [7, 11) is 0. The first-order valence-corrected chi connectivity index (χ1v) is 7.57. The monoisotopic (exact) mass is 309 g/mol. The van der Waals surface area contributed by atoms with Crippen molar-refractivity contribution >= 4 is 22.4 Å². The van der Waals surface area contributed by atoms with Crippen LogP contribution < -0.4 is 4.74 Å². The smallest absolute Gasteiger partial charge is 0.148 e. The Balaban J connectivity index is 1.91. The van der Waals surface area contributed by atoms with Crippen molar-refractivity contribution < 1.29 is 4.74 Å². The van der Waals surface area contributed by atoms with Crippen molar-refractivity contribution in [3.05, 3.63) is 77.9 Å². The molecular formula is C22H15NO. The lowest BCUT2D eigenvalue weighted by Gasteiger charge is -2.04. The highest BCUT2D eigenvalue weighted by molar-refractivity contribution is 5.94. The van der Waals surface area contributed by atoms with Crippen LogP contribution in [0.2, 0.25) is 0 Å². The van der Waals surface area contributed by atoms with E-state index in [1.54, 1.807) is 0 Å².